The van der Waals surface area contributed by atoms with Gasteiger partial charge in [-0.15, -0.1) is 0 Å². The fourth-order valence-corrected chi connectivity index (χ4v) is 3.50. The Bertz CT molecular complexity index is 492. The van der Waals surface area contributed by atoms with E-state index in [0.29, 0.717) is 11.3 Å². The van der Waals surface area contributed by atoms with Crippen molar-refractivity contribution in [2.24, 2.45) is 0 Å². The number of benzene rings is 1. The smallest absolute Gasteiger partial charge is 0.0650 e. The number of aromatic amines is 1. The van der Waals surface area contributed by atoms with Gasteiger partial charge in [0.2, 0.25) is 0 Å². The molecule has 2 atom stereocenters. The monoisotopic (exact) mass is 259 g/mol. The first-order valence-electron chi connectivity index (χ1n) is 6.31. The third-order valence-electron chi connectivity index (χ3n) is 3.42. The number of rotatable bonds is 3. The average Bonchev–Trinajstić information content (AvgIpc) is 3.03. The number of aromatic nitrogens is 2. The Kier molecular flexibility index (Phi) is 3.28. The van der Waals surface area contributed by atoms with Crippen molar-refractivity contribution >= 4 is 17.4 Å². The van der Waals surface area contributed by atoms with Gasteiger partial charge in [-0.1, -0.05) is 19.1 Å². The summed E-state index contributed by atoms with van der Waals surface area (Å²) in [4.78, 5) is 0. The standard InChI is InChI=1S/C14H17N3S/c1-10-13(7-9-18-10)16-12-4-2-11(3-5-12)14-6-8-15-17-14/h2-6,8,10,13,16H,7,9H2,1H3,(H,15,17). The average molecular weight is 259 g/mol. The minimum absolute atomic E-state index is 0.605. The molecule has 3 nitrogen and oxygen atoms in total. The topological polar surface area (TPSA) is 40.7 Å². The van der Waals surface area contributed by atoms with Gasteiger partial charge in [-0.3, -0.25) is 5.10 Å². The van der Waals surface area contributed by atoms with E-state index in [0.717, 1.165) is 5.69 Å². The van der Waals surface area contributed by atoms with E-state index in [4.69, 9.17) is 0 Å². The van der Waals surface area contributed by atoms with Gasteiger partial charge in [0.25, 0.3) is 0 Å². The highest BCUT2D eigenvalue weighted by molar-refractivity contribution is 8.00. The van der Waals surface area contributed by atoms with Crippen LogP contribution in [0.25, 0.3) is 11.3 Å². The van der Waals surface area contributed by atoms with Crippen LogP contribution in [0.1, 0.15) is 13.3 Å². The second kappa shape index (κ2) is 5.06. The fourth-order valence-electron chi connectivity index (χ4n) is 2.30. The van der Waals surface area contributed by atoms with Gasteiger partial charge >= 0.3 is 0 Å². The highest BCUT2D eigenvalue weighted by Gasteiger charge is 2.23. The van der Waals surface area contributed by atoms with E-state index in [9.17, 15) is 0 Å². The molecule has 0 saturated carbocycles. The summed E-state index contributed by atoms with van der Waals surface area (Å²) < 4.78 is 0. The highest BCUT2D eigenvalue weighted by Crippen LogP contribution is 2.29. The molecule has 2 unspecified atom stereocenters. The lowest BCUT2D eigenvalue weighted by Crippen LogP contribution is -2.24. The normalized spacial score (nSPS) is 23.2. The van der Waals surface area contributed by atoms with E-state index in [1.807, 2.05) is 17.8 Å². The summed E-state index contributed by atoms with van der Waals surface area (Å²) in [6, 6.07) is 11.1. The molecule has 0 radical (unpaired) electrons. The summed E-state index contributed by atoms with van der Waals surface area (Å²) in [7, 11) is 0. The first-order valence-corrected chi connectivity index (χ1v) is 7.36. The summed E-state index contributed by atoms with van der Waals surface area (Å²) in [5.41, 5.74) is 3.44. The number of nitrogens with one attached hydrogen (secondary N) is 2. The van der Waals surface area contributed by atoms with E-state index in [2.05, 4.69) is 46.7 Å². The molecule has 0 bridgehead atoms. The Balaban J connectivity index is 1.71. The van der Waals surface area contributed by atoms with E-state index >= 15 is 0 Å². The Hall–Kier alpha value is -1.42. The lowest BCUT2D eigenvalue weighted by atomic mass is 10.1. The minimum Gasteiger partial charge on any atom is -0.381 e. The molecule has 2 N–H and O–H groups in total. The quantitative estimate of drug-likeness (QED) is 0.887. The summed E-state index contributed by atoms with van der Waals surface area (Å²) in [5.74, 6) is 1.27. The fraction of sp³-hybridized carbons (Fsp3) is 0.357. The molecule has 3 rings (SSSR count). The number of hydrogen-bond donors (Lipinski definition) is 2. The van der Waals surface area contributed by atoms with Gasteiger partial charge in [0.05, 0.1) is 5.69 Å². The van der Waals surface area contributed by atoms with Gasteiger partial charge in [-0.25, -0.2) is 0 Å². The molecule has 0 amide bonds. The SMILES string of the molecule is CC1SCCC1Nc1ccc(-c2ccn[nH]2)cc1. The summed E-state index contributed by atoms with van der Waals surface area (Å²) in [6.07, 6.45) is 3.03. The van der Waals surface area contributed by atoms with Crippen molar-refractivity contribution in [3.63, 3.8) is 0 Å². The van der Waals surface area contributed by atoms with Gasteiger partial charge in [0.1, 0.15) is 0 Å². The third kappa shape index (κ3) is 2.38. The number of H-pyrrole nitrogens is 1. The van der Waals surface area contributed by atoms with Crippen LogP contribution < -0.4 is 5.32 Å². The van der Waals surface area contributed by atoms with Crippen molar-refractivity contribution < 1.29 is 0 Å². The highest BCUT2D eigenvalue weighted by atomic mass is 32.2. The molecule has 18 heavy (non-hydrogen) atoms. The molecule has 2 heterocycles. The first kappa shape index (κ1) is 11.7. The van der Waals surface area contributed by atoms with Crippen molar-refractivity contribution in [3.8, 4) is 11.3 Å². The molecule has 4 heteroatoms. The van der Waals surface area contributed by atoms with Crippen molar-refractivity contribution in [3.05, 3.63) is 36.5 Å². The van der Waals surface area contributed by atoms with Gasteiger partial charge in [0.15, 0.2) is 0 Å². The Labute approximate surface area is 111 Å². The van der Waals surface area contributed by atoms with Crippen LogP contribution in [0, 0.1) is 0 Å². The summed E-state index contributed by atoms with van der Waals surface area (Å²) in [6.45, 7) is 2.30. The molecule has 1 fully saturated rings. The second-order valence-corrected chi connectivity index (χ2v) is 6.15. The van der Waals surface area contributed by atoms with Crippen LogP contribution in [-0.2, 0) is 0 Å². The molecule has 1 aliphatic heterocycles. The predicted molar refractivity (Wildman–Crippen MR) is 78.0 cm³/mol. The number of thioether (sulfide) groups is 1. The van der Waals surface area contributed by atoms with E-state index in [1.54, 1.807) is 6.20 Å². The van der Waals surface area contributed by atoms with E-state index in [1.165, 1.54) is 23.4 Å². The van der Waals surface area contributed by atoms with E-state index in [-0.39, 0.29) is 0 Å². The van der Waals surface area contributed by atoms with Gasteiger partial charge in [-0.05, 0) is 35.9 Å². The Morgan fingerprint density at radius 3 is 2.72 bits per heavy atom. The maximum atomic E-state index is 3.97. The van der Waals surface area contributed by atoms with E-state index < -0.39 is 0 Å². The van der Waals surface area contributed by atoms with Gasteiger partial charge in [-0.2, -0.15) is 16.9 Å². The van der Waals surface area contributed by atoms with Crippen LogP contribution in [0.4, 0.5) is 5.69 Å². The molecule has 1 aromatic heterocycles. The van der Waals surface area contributed by atoms with Crippen LogP contribution in [0.15, 0.2) is 36.5 Å². The summed E-state index contributed by atoms with van der Waals surface area (Å²) >= 11 is 2.05. The van der Waals surface area contributed by atoms with Crippen LogP contribution >= 0.6 is 11.8 Å². The molecule has 0 aliphatic carbocycles. The minimum atomic E-state index is 0.605. The second-order valence-electron chi connectivity index (χ2n) is 4.66. The largest absolute Gasteiger partial charge is 0.381 e. The predicted octanol–water partition coefficient (Wildman–Crippen LogP) is 3.38. The molecular weight excluding hydrogens is 242 g/mol. The summed E-state index contributed by atoms with van der Waals surface area (Å²) in [5, 5.41) is 11.3. The van der Waals surface area contributed by atoms with Crippen molar-refractivity contribution in [2.75, 3.05) is 11.1 Å². The molecule has 94 valence electrons. The van der Waals surface area contributed by atoms with Crippen molar-refractivity contribution in [1.82, 2.24) is 10.2 Å². The number of anilines is 1. The van der Waals surface area contributed by atoms with Gasteiger partial charge in [0, 0.05) is 23.2 Å². The lowest BCUT2D eigenvalue weighted by molar-refractivity contribution is 0.724. The molecule has 1 saturated heterocycles. The number of nitrogens with zero attached hydrogens (tertiary/aromatic N) is 1. The molecule has 1 aromatic carbocycles. The van der Waals surface area contributed by atoms with Crippen LogP contribution in [0.2, 0.25) is 0 Å². The van der Waals surface area contributed by atoms with Crippen molar-refractivity contribution in [2.45, 2.75) is 24.6 Å². The first-order chi connectivity index (χ1) is 8.83. The molecule has 0 spiro atoms. The van der Waals surface area contributed by atoms with Crippen LogP contribution in [0.3, 0.4) is 0 Å². The molecule has 2 aromatic rings. The lowest BCUT2D eigenvalue weighted by Gasteiger charge is -2.18. The Morgan fingerprint density at radius 2 is 2.11 bits per heavy atom. The third-order valence-corrected chi connectivity index (χ3v) is 4.75. The van der Waals surface area contributed by atoms with Gasteiger partial charge < -0.3 is 5.32 Å². The zero-order chi connectivity index (χ0) is 12.4. The van der Waals surface area contributed by atoms with Crippen LogP contribution in [0.5, 0.6) is 0 Å². The number of hydrogen-bond acceptors (Lipinski definition) is 3. The maximum Gasteiger partial charge on any atom is 0.0650 e. The van der Waals surface area contributed by atoms with Crippen molar-refractivity contribution in [1.29, 1.82) is 0 Å². The van der Waals surface area contributed by atoms with Crippen LogP contribution in [-0.4, -0.2) is 27.2 Å². The zero-order valence-corrected chi connectivity index (χ0v) is 11.2. The molecular formula is C14H17N3S. The zero-order valence-electron chi connectivity index (χ0n) is 10.4. The maximum absolute atomic E-state index is 3.97. The Morgan fingerprint density at radius 1 is 1.28 bits per heavy atom. The molecule has 1 aliphatic rings.